The van der Waals surface area contributed by atoms with Gasteiger partial charge in [-0.1, -0.05) is 11.6 Å². The second-order valence-electron chi connectivity index (χ2n) is 3.61. The molecule has 0 amide bonds. The van der Waals surface area contributed by atoms with Gasteiger partial charge in [-0.15, -0.1) is 0 Å². The standard InChI is InChI=1S/C10H15ClN2O4S/c1-17-5-3-2-4-13-18(15,16)8-6-9(11)10(14)12-7-8/h6-7,13H,2-5H2,1H3,(H,12,14). The van der Waals surface area contributed by atoms with Gasteiger partial charge in [0, 0.05) is 26.5 Å². The Bertz CT molecular complexity index is 541. The van der Waals surface area contributed by atoms with E-state index >= 15 is 0 Å². The van der Waals surface area contributed by atoms with Gasteiger partial charge >= 0.3 is 0 Å². The monoisotopic (exact) mass is 294 g/mol. The van der Waals surface area contributed by atoms with Crippen molar-refractivity contribution >= 4 is 21.6 Å². The summed E-state index contributed by atoms with van der Waals surface area (Å²) >= 11 is 5.57. The number of methoxy groups -OCH3 is 1. The van der Waals surface area contributed by atoms with Gasteiger partial charge in [0.2, 0.25) is 10.0 Å². The van der Waals surface area contributed by atoms with Gasteiger partial charge in [-0.3, -0.25) is 4.79 Å². The minimum absolute atomic E-state index is 0.0566. The normalized spacial score (nSPS) is 11.7. The maximum atomic E-state index is 11.8. The highest BCUT2D eigenvalue weighted by Crippen LogP contribution is 2.10. The highest BCUT2D eigenvalue weighted by atomic mass is 35.5. The number of hydrogen-bond donors (Lipinski definition) is 2. The highest BCUT2D eigenvalue weighted by molar-refractivity contribution is 7.89. The van der Waals surface area contributed by atoms with Crippen LogP contribution in [0.25, 0.3) is 0 Å². The minimum atomic E-state index is -3.63. The minimum Gasteiger partial charge on any atom is -0.385 e. The Morgan fingerprint density at radius 1 is 1.44 bits per heavy atom. The van der Waals surface area contributed by atoms with Crippen LogP contribution in [0.2, 0.25) is 5.02 Å². The topological polar surface area (TPSA) is 88.3 Å². The molecule has 0 fully saturated rings. The van der Waals surface area contributed by atoms with Crippen LogP contribution in [0, 0.1) is 0 Å². The van der Waals surface area contributed by atoms with Crippen molar-refractivity contribution in [1.29, 1.82) is 0 Å². The van der Waals surface area contributed by atoms with E-state index in [1.54, 1.807) is 7.11 Å². The molecule has 0 aliphatic heterocycles. The molecule has 6 nitrogen and oxygen atoms in total. The van der Waals surface area contributed by atoms with Crippen LogP contribution in [-0.4, -0.2) is 33.7 Å². The molecule has 18 heavy (non-hydrogen) atoms. The van der Waals surface area contributed by atoms with Crippen molar-refractivity contribution in [1.82, 2.24) is 9.71 Å². The van der Waals surface area contributed by atoms with Crippen LogP contribution in [0.3, 0.4) is 0 Å². The molecule has 2 N–H and O–H groups in total. The predicted octanol–water partition coefficient (Wildman–Crippen LogP) is 0.733. The molecular formula is C10H15ClN2O4S. The Morgan fingerprint density at radius 3 is 2.78 bits per heavy atom. The summed E-state index contributed by atoms with van der Waals surface area (Å²) in [4.78, 5) is 13.2. The van der Waals surface area contributed by atoms with E-state index in [1.165, 1.54) is 0 Å². The van der Waals surface area contributed by atoms with Crippen molar-refractivity contribution in [3.8, 4) is 0 Å². The van der Waals surface area contributed by atoms with Crippen molar-refractivity contribution in [2.24, 2.45) is 0 Å². The first-order valence-corrected chi connectivity index (χ1v) is 7.20. The van der Waals surface area contributed by atoms with Gasteiger partial charge in [0.1, 0.15) is 5.02 Å². The third-order valence-electron chi connectivity index (χ3n) is 2.21. The lowest BCUT2D eigenvalue weighted by molar-refractivity contribution is 0.193. The summed E-state index contributed by atoms with van der Waals surface area (Å²) in [6.45, 7) is 0.897. The fraction of sp³-hybridized carbons (Fsp3) is 0.500. The van der Waals surface area contributed by atoms with Gasteiger partial charge in [-0.25, -0.2) is 13.1 Å². The van der Waals surface area contributed by atoms with Gasteiger partial charge in [0.05, 0.1) is 4.90 Å². The molecule has 0 bridgehead atoms. The molecule has 0 aliphatic carbocycles. The average Bonchev–Trinajstić information content (AvgIpc) is 2.32. The molecular weight excluding hydrogens is 280 g/mol. The molecule has 1 rings (SSSR count). The number of aromatic amines is 1. The number of H-pyrrole nitrogens is 1. The Hall–Kier alpha value is -0.890. The number of unbranched alkanes of at least 4 members (excludes halogenated alkanes) is 1. The SMILES string of the molecule is COCCCCNS(=O)(=O)c1c[nH]c(=O)c(Cl)c1. The molecule has 8 heteroatoms. The van der Waals surface area contributed by atoms with Crippen molar-refractivity contribution in [2.45, 2.75) is 17.7 Å². The number of ether oxygens (including phenoxy) is 1. The summed E-state index contributed by atoms with van der Waals surface area (Å²) in [7, 11) is -2.04. The van der Waals surface area contributed by atoms with E-state index in [0.29, 0.717) is 19.6 Å². The first-order valence-electron chi connectivity index (χ1n) is 5.34. The summed E-state index contributed by atoms with van der Waals surface area (Å²) in [6.07, 6.45) is 2.56. The number of pyridine rings is 1. The molecule has 0 atom stereocenters. The maximum Gasteiger partial charge on any atom is 0.266 e. The van der Waals surface area contributed by atoms with Crippen LogP contribution in [0.4, 0.5) is 0 Å². The number of hydrogen-bond acceptors (Lipinski definition) is 4. The molecule has 0 saturated heterocycles. The van der Waals surface area contributed by atoms with Crippen molar-refractivity contribution < 1.29 is 13.2 Å². The van der Waals surface area contributed by atoms with E-state index in [1.807, 2.05) is 0 Å². The lowest BCUT2D eigenvalue weighted by Gasteiger charge is -2.06. The van der Waals surface area contributed by atoms with Gasteiger partial charge in [0.25, 0.3) is 5.56 Å². The Morgan fingerprint density at radius 2 is 2.17 bits per heavy atom. The van der Waals surface area contributed by atoms with Crippen LogP contribution in [0.15, 0.2) is 22.0 Å². The molecule has 1 aromatic heterocycles. The second-order valence-corrected chi connectivity index (χ2v) is 5.78. The van der Waals surface area contributed by atoms with Gasteiger partial charge in [-0.05, 0) is 18.9 Å². The Balaban J connectivity index is 2.63. The van der Waals surface area contributed by atoms with Crippen LogP contribution in [-0.2, 0) is 14.8 Å². The van der Waals surface area contributed by atoms with Crippen molar-refractivity contribution in [3.63, 3.8) is 0 Å². The third kappa shape index (κ3) is 4.41. The summed E-state index contributed by atoms with van der Waals surface area (Å²) in [6, 6.07) is 1.12. The molecule has 0 aliphatic rings. The maximum absolute atomic E-state index is 11.8. The number of rotatable bonds is 7. The van der Waals surface area contributed by atoms with Gasteiger partial charge in [-0.2, -0.15) is 0 Å². The molecule has 0 unspecified atom stereocenters. The lowest BCUT2D eigenvalue weighted by Crippen LogP contribution is -2.26. The third-order valence-corrected chi connectivity index (χ3v) is 3.93. The molecule has 0 radical (unpaired) electrons. The summed E-state index contributed by atoms with van der Waals surface area (Å²) in [5, 5.41) is -0.155. The molecule has 1 aromatic rings. The largest absolute Gasteiger partial charge is 0.385 e. The first-order chi connectivity index (χ1) is 8.47. The van der Waals surface area contributed by atoms with E-state index in [4.69, 9.17) is 16.3 Å². The first kappa shape index (κ1) is 15.2. The fourth-order valence-corrected chi connectivity index (χ4v) is 2.56. The zero-order valence-corrected chi connectivity index (χ0v) is 11.5. The number of sulfonamides is 1. The van der Waals surface area contributed by atoms with E-state index in [9.17, 15) is 13.2 Å². The zero-order chi connectivity index (χ0) is 13.6. The number of aromatic nitrogens is 1. The van der Waals surface area contributed by atoms with E-state index in [2.05, 4.69) is 9.71 Å². The van der Waals surface area contributed by atoms with E-state index in [-0.39, 0.29) is 9.92 Å². The van der Waals surface area contributed by atoms with Crippen molar-refractivity contribution in [3.05, 3.63) is 27.6 Å². The quantitative estimate of drug-likeness (QED) is 0.726. The molecule has 0 aromatic carbocycles. The van der Waals surface area contributed by atoms with Crippen LogP contribution in [0.5, 0.6) is 0 Å². The van der Waals surface area contributed by atoms with Gasteiger partial charge < -0.3 is 9.72 Å². The lowest BCUT2D eigenvalue weighted by atomic mass is 10.3. The molecule has 0 saturated carbocycles. The predicted molar refractivity (Wildman–Crippen MR) is 68.4 cm³/mol. The second kappa shape index (κ2) is 6.89. The van der Waals surface area contributed by atoms with Crippen molar-refractivity contribution in [2.75, 3.05) is 20.3 Å². The summed E-state index contributed by atoms with van der Waals surface area (Å²) in [5.41, 5.74) is -0.518. The van der Waals surface area contributed by atoms with Crippen LogP contribution >= 0.6 is 11.6 Å². The summed E-state index contributed by atoms with van der Waals surface area (Å²) < 4.78 is 30.9. The van der Waals surface area contributed by atoms with Gasteiger partial charge in [0.15, 0.2) is 0 Å². The fourth-order valence-electron chi connectivity index (χ4n) is 1.25. The molecule has 0 spiro atoms. The number of halogens is 1. The molecule has 102 valence electrons. The molecule has 1 heterocycles. The highest BCUT2D eigenvalue weighted by Gasteiger charge is 2.14. The summed E-state index contributed by atoms with van der Waals surface area (Å²) in [5.74, 6) is 0. The average molecular weight is 295 g/mol. The Kier molecular flexibility index (Phi) is 5.80. The van der Waals surface area contributed by atoms with E-state index < -0.39 is 15.6 Å². The Labute approximate surface area is 110 Å². The van der Waals surface area contributed by atoms with Crippen LogP contribution in [0.1, 0.15) is 12.8 Å². The van der Waals surface area contributed by atoms with Crippen LogP contribution < -0.4 is 10.3 Å². The zero-order valence-electron chi connectivity index (χ0n) is 9.90. The van der Waals surface area contributed by atoms with E-state index in [0.717, 1.165) is 18.7 Å². The smallest absolute Gasteiger partial charge is 0.266 e. The number of nitrogens with one attached hydrogen (secondary N) is 2.